The summed E-state index contributed by atoms with van der Waals surface area (Å²) in [4.78, 5) is 15.9. The molecule has 2 aliphatic heterocycles. The van der Waals surface area contributed by atoms with E-state index in [1.54, 1.807) is 18.0 Å². The van der Waals surface area contributed by atoms with Gasteiger partial charge >= 0.3 is 0 Å². The molecule has 0 aliphatic carbocycles. The molecule has 1 N–H and O–H groups in total. The van der Waals surface area contributed by atoms with Crippen LogP contribution in [0.1, 0.15) is 16.1 Å². The van der Waals surface area contributed by atoms with Gasteiger partial charge in [-0.25, -0.2) is 0 Å². The predicted molar refractivity (Wildman–Crippen MR) is 90.5 cm³/mol. The molecule has 2 saturated heterocycles. The number of hydrogen-bond donors (Lipinski definition) is 1. The van der Waals surface area contributed by atoms with E-state index >= 15 is 0 Å². The van der Waals surface area contributed by atoms with Crippen LogP contribution < -0.4 is 5.32 Å². The fourth-order valence-corrected chi connectivity index (χ4v) is 4.38. The van der Waals surface area contributed by atoms with E-state index in [2.05, 4.69) is 17.4 Å². The molecule has 0 saturated carbocycles. The molecule has 120 valence electrons. The Hall–Kier alpha value is -1.72. The third-order valence-corrected chi connectivity index (χ3v) is 5.82. The topological polar surface area (TPSA) is 45.5 Å². The van der Waals surface area contributed by atoms with E-state index in [1.165, 1.54) is 4.90 Å². The number of fused-ring (bicyclic) bond motifs is 1. The Morgan fingerprint density at radius 3 is 2.65 bits per heavy atom. The third kappa shape index (κ3) is 3.03. The summed E-state index contributed by atoms with van der Waals surface area (Å²) in [6.45, 7) is 3.76. The molecule has 3 heterocycles. The van der Waals surface area contributed by atoms with Crippen LogP contribution in [0.4, 0.5) is 0 Å². The number of nitrogens with zero attached hydrogens (tertiary/aromatic N) is 1. The minimum Gasteiger partial charge on any atom is -0.459 e. The van der Waals surface area contributed by atoms with E-state index in [9.17, 15) is 4.79 Å². The van der Waals surface area contributed by atoms with Crippen molar-refractivity contribution in [2.45, 2.75) is 10.6 Å². The Labute approximate surface area is 140 Å². The molecule has 0 bridgehead atoms. The number of amides is 1. The van der Waals surface area contributed by atoms with E-state index in [-0.39, 0.29) is 5.91 Å². The van der Waals surface area contributed by atoms with Crippen molar-refractivity contribution in [2.75, 3.05) is 26.2 Å². The van der Waals surface area contributed by atoms with Crippen LogP contribution >= 0.6 is 11.8 Å². The highest BCUT2D eigenvalue weighted by atomic mass is 32.2. The van der Waals surface area contributed by atoms with Crippen LogP contribution in [0.2, 0.25) is 0 Å². The lowest BCUT2D eigenvalue weighted by molar-refractivity contribution is 0.0749. The van der Waals surface area contributed by atoms with Gasteiger partial charge in [0.2, 0.25) is 0 Å². The molecule has 0 unspecified atom stereocenters. The quantitative estimate of drug-likeness (QED) is 0.877. The Kier molecular flexibility index (Phi) is 4.14. The fourth-order valence-electron chi connectivity index (χ4n) is 3.48. The van der Waals surface area contributed by atoms with Gasteiger partial charge in [0.05, 0.1) is 6.26 Å². The summed E-state index contributed by atoms with van der Waals surface area (Å²) >= 11 is 1.73. The SMILES string of the molecule is O=C(c1occc1CSc1ccccc1)N1C[C@H]2CNC[C@H]2C1. The van der Waals surface area contributed by atoms with Crippen LogP contribution in [0.15, 0.2) is 52.0 Å². The van der Waals surface area contributed by atoms with E-state index in [4.69, 9.17) is 4.42 Å². The molecule has 5 heteroatoms. The monoisotopic (exact) mass is 328 g/mol. The molecule has 23 heavy (non-hydrogen) atoms. The van der Waals surface area contributed by atoms with Gasteiger partial charge in [0.1, 0.15) is 0 Å². The minimum absolute atomic E-state index is 0.0491. The lowest BCUT2D eigenvalue weighted by atomic mass is 10.0. The molecule has 2 aromatic rings. The summed E-state index contributed by atoms with van der Waals surface area (Å²) < 4.78 is 5.53. The van der Waals surface area contributed by atoms with Gasteiger partial charge in [0.25, 0.3) is 5.91 Å². The molecule has 2 atom stereocenters. The number of furan rings is 1. The molecule has 1 aromatic heterocycles. The number of benzene rings is 1. The van der Waals surface area contributed by atoms with Crippen molar-refractivity contribution < 1.29 is 9.21 Å². The molecular weight excluding hydrogens is 308 g/mol. The first-order chi connectivity index (χ1) is 11.3. The van der Waals surface area contributed by atoms with Gasteiger partial charge in [-0.05, 0) is 30.0 Å². The second-order valence-electron chi connectivity index (χ2n) is 6.27. The van der Waals surface area contributed by atoms with Gasteiger partial charge in [-0.3, -0.25) is 4.79 Å². The van der Waals surface area contributed by atoms with Crippen LogP contribution in [-0.2, 0) is 5.75 Å². The van der Waals surface area contributed by atoms with Gasteiger partial charge < -0.3 is 14.6 Å². The maximum absolute atomic E-state index is 12.8. The van der Waals surface area contributed by atoms with E-state index < -0.39 is 0 Å². The van der Waals surface area contributed by atoms with Crippen LogP contribution in [0.3, 0.4) is 0 Å². The van der Waals surface area contributed by atoms with E-state index in [0.717, 1.165) is 37.5 Å². The zero-order valence-corrected chi connectivity index (χ0v) is 13.7. The van der Waals surface area contributed by atoms with E-state index in [1.807, 2.05) is 29.2 Å². The van der Waals surface area contributed by atoms with Crippen LogP contribution in [0, 0.1) is 11.8 Å². The number of rotatable bonds is 4. The lowest BCUT2D eigenvalue weighted by Gasteiger charge is -2.16. The highest BCUT2D eigenvalue weighted by Gasteiger charge is 2.39. The smallest absolute Gasteiger partial charge is 0.289 e. The van der Waals surface area contributed by atoms with E-state index in [0.29, 0.717) is 17.6 Å². The number of carbonyl (C=O) groups excluding carboxylic acids is 1. The predicted octanol–water partition coefficient (Wildman–Crippen LogP) is 2.86. The normalized spacial score (nSPS) is 23.2. The molecule has 2 aliphatic rings. The average Bonchev–Trinajstić information content (AvgIpc) is 3.28. The largest absolute Gasteiger partial charge is 0.459 e. The Morgan fingerprint density at radius 1 is 1.17 bits per heavy atom. The summed E-state index contributed by atoms with van der Waals surface area (Å²) in [7, 11) is 0. The van der Waals surface area contributed by atoms with Gasteiger partial charge in [0.15, 0.2) is 5.76 Å². The highest BCUT2D eigenvalue weighted by Crippen LogP contribution is 2.30. The Morgan fingerprint density at radius 2 is 1.91 bits per heavy atom. The van der Waals surface area contributed by atoms with Crippen LogP contribution in [0.25, 0.3) is 0 Å². The van der Waals surface area contributed by atoms with Crippen molar-refractivity contribution in [3.05, 3.63) is 54.0 Å². The average molecular weight is 328 g/mol. The van der Waals surface area contributed by atoms with Gasteiger partial charge in [0, 0.05) is 42.4 Å². The van der Waals surface area contributed by atoms with Crippen LogP contribution in [-0.4, -0.2) is 37.0 Å². The molecule has 0 spiro atoms. The molecule has 1 aromatic carbocycles. The number of nitrogens with one attached hydrogen (secondary N) is 1. The second-order valence-corrected chi connectivity index (χ2v) is 7.31. The number of hydrogen-bond acceptors (Lipinski definition) is 4. The van der Waals surface area contributed by atoms with Crippen molar-refractivity contribution >= 4 is 17.7 Å². The third-order valence-electron chi connectivity index (χ3n) is 4.76. The summed E-state index contributed by atoms with van der Waals surface area (Å²) in [5, 5.41) is 3.40. The van der Waals surface area contributed by atoms with Gasteiger partial charge in [-0.15, -0.1) is 11.8 Å². The standard InChI is InChI=1S/C18H20N2O2S/c21-18(20-10-14-8-19-9-15(14)11-20)17-13(6-7-22-17)12-23-16-4-2-1-3-5-16/h1-7,14-15,19H,8-12H2/t14-,15+. The summed E-state index contributed by atoms with van der Waals surface area (Å²) in [5.41, 5.74) is 0.985. The first-order valence-electron chi connectivity index (χ1n) is 8.05. The van der Waals surface area contributed by atoms with Gasteiger partial charge in [-0.2, -0.15) is 0 Å². The minimum atomic E-state index is 0.0491. The van der Waals surface area contributed by atoms with Crippen molar-refractivity contribution in [3.8, 4) is 0 Å². The maximum atomic E-state index is 12.8. The summed E-state index contributed by atoms with van der Waals surface area (Å²) in [6.07, 6.45) is 1.63. The highest BCUT2D eigenvalue weighted by molar-refractivity contribution is 7.98. The lowest BCUT2D eigenvalue weighted by Crippen LogP contribution is -2.32. The molecule has 2 fully saturated rings. The van der Waals surface area contributed by atoms with Crippen LogP contribution in [0.5, 0.6) is 0 Å². The number of carbonyl (C=O) groups is 1. The maximum Gasteiger partial charge on any atom is 0.289 e. The van der Waals surface area contributed by atoms with Gasteiger partial charge in [-0.1, -0.05) is 18.2 Å². The first-order valence-corrected chi connectivity index (χ1v) is 9.04. The molecule has 1 amide bonds. The Balaban J connectivity index is 1.43. The van der Waals surface area contributed by atoms with Crippen molar-refractivity contribution in [1.29, 1.82) is 0 Å². The molecule has 4 nitrogen and oxygen atoms in total. The number of likely N-dealkylation sites (tertiary alicyclic amines) is 1. The van der Waals surface area contributed by atoms with Crippen molar-refractivity contribution in [3.63, 3.8) is 0 Å². The zero-order chi connectivity index (χ0) is 15.6. The fraction of sp³-hybridized carbons (Fsp3) is 0.389. The second kappa shape index (κ2) is 6.42. The van der Waals surface area contributed by atoms with Crippen molar-refractivity contribution in [1.82, 2.24) is 10.2 Å². The molecular formula is C18H20N2O2S. The molecule has 0 radical (unpaired) electrons. The zero-order valence-electron chi connectivity index (χ0n) is 12.9. The summed E-state index contributed by atoms with van der Waals surface area (Å²) in [6, 6.07) is 12.2. The van der Waals surface area contributed by atoms with Crippen molar-refractivity contribution in [2.24, 2.45) is 11.8 Å². The molecule has 4 rings (SSSR count). The summed E-state index contributed by atoms with van der Waals surface area (Å²) in [5.74, 6) is 2.53. The first kappa shape index (κ1) is 14.8. The number of thioether (sulfide) groups is 1. The Bertz CT molecular complexity index is 673.